The lowest BCUT2D eigenvalue weighted by molar-refractivity contribution is -0.870. The third-order valence-electron chi connectivity index (χ3n) is 2.52. The SMILES string of the molecule is CC(C)OC[C@H](COP(=O)(O)OCC[N+](C)(C)C)OC(C)C. The number of ether oxygens (including phenoxy) is 2. The molecule has 0 aromatic carbocycles. The van der Waals surface area contributed by atoms with Gasteiger partial charge in [0.2, 0.25) is 0 Å². The Hall–Kier alpha value is -0.0100. The van der Waals surface area contributed by atoms with Gasteiger partial charge in [-0.3, -0.25) is 9.05 Å². The van der Waals surface area contributed by atoms with Gasteiger partial charge in [0.05, 0.1) is 46.6 Å². The first-order chi connectivity index (χ1) is 9.91. The van der Waals surface area contributed by atoms with Crippen molar-refractivity contribution in [1.82, 2.24) is 0 Å². The highest BCUT2D eigenvalue weighted by molar-refractivity contribution is 7.47. The van der Waals surface area contributed by atoms with E-state index in [1.807, 2.05) is 48.8 Å². The molecule has 0 aliphatic rings. The van der Waals surface area contributed by atoms with Crippen LogP contribution in [0.25, 0.3) is 0 Å². The molecular weight excluding hydrogens is 309 g/mol. The predicted octanol–water partition coefficient (Wildman–Crippen LogP) is 2.04. The van der Waals surface area contributed by atoms with Gasteiger partial charge in [0.1, 0.15) is 19.3 Å². The van der Waals surface area contributed by atoms with Crippen LogP contribution >= 0.6 is 7.82 Å². The van der Waals surface area contributed by atoms with E-state index in [1.54, 1.807) is 0 Å². The van der Waals surface area contributed by atoms with Crippen molar-refractivity contribution in [3.63, 3.8) is 0 Å². The molecule has 0 radical (unpaired) electrons. The fourth-order valence-electron chi connectivity index (χ4n) is 1.46. The molecule has 1 N–H and O–H groups in total. The molecule has 8 heteroatoms. The molecule has 0 bridgehead atoms. The van der Waals surface area contributed by atoms with Crippen molar-refractivity contribution in [2.75, 3.05) is 47.5 Å². The molecule has 0 saturated heterocycles. The number of quaternary nitrogens is 1. The van der Waals surface area contributed by atoms with Crippen molar-refractivity contribution in [2.45, 2.75) is 46.0 Å². The average molecular weight is 342 g/mol. The van der Waals surface area contributed by atoms with Gasteiger partial charge in [-0.2, -0.15) is 0 Å². The summed E-state index contributed by atoms with van der Waals surface area (Å²) in [5.74, 6) is 0. The number of rotatable bonds is 12. The maximum Gasteiger partial charge on any atom is 0.472 e. The number of phosphoric acid groups is 1. The highest BCUT2D eigenvalue weighted by Gasteiger charge is 2.25. The molecule has 0 saturated carbocycles. The van der Waals surface area contributed by atoms with Gasteiger partial charge in [-0.15, -0.1) is 0 Å². The second-order valence-corrected chi connectivity index (χ2v) is 8.25. The van der Waals surface area contributed by atoms with E-state index in [9.17, 15) is 9.46 Å². The van der Waals surface area contributed by atoms with Crippen molar-refractivity contribution >= 4 is 7.82 Å². The standard InChI is InChI=1S/C14H32NO6P/c1-12(2)18-10-14(21-13(3)4)11-20-22(16,17)19-9-8-15(5,6)7/h12-14H,8-11H2,1-7H3/p+1/t14-/m1/s1. The molecule has 7 nitrogen and oxygen atoms in total. The largest absolute Gasteiger partial charge is 0.472 e. The minimum Gasteiger partial charge on any atom is -0.376 e. The molecule has 0 aliphatic carbocycles. The van der Waals surface area contributed by atoms with Crippen LogP contribution in [0, 0.1) is 0 Å². The lowest BCUT2D eigenvalue weighted by atomic mass is 10.3. The first-order valence-corrected chi connectivity index (χ1v) is 9.10. The zero-order valence-electron chi connectivity index (χ0n) is 14.9. The molecule has 0 rings (SSSR count). The topological polar surface area (TPSA) is 74.2 Å². The van der Waals surface area contributed by atoms with E-state index in [4.69, 9.17) is 18.5 Å². The van der Waals surface area contributed by atoms with Crippen LogP contribution < -0.4 is 0 Å². The zero-order valence-corrected chi connectivity index (χ0v) is 15.8. The van der Waals surface area contributed by atoms with E-state index in [-0.39, 0.29) is 25.4 Å². The monoisotopic (exact) mass is 342 g/mol. The first kappa shape index (κ1) is 22.0. The van der Waals surface area contributed by atoms with Gasteiger partial charge in [0, 0.05) is 0 Å². The Morgan fingerprint density at radius 1 is 1.00 bits per heavy atom. The second-order valence-electron chi connectivity index (χ2n) is 6.80. The summed E-state index contributed by atoms with van der Waals surface area (Å²) >= 11 is 0. The van der Waals surface area contributed by atoms with Gasteiger partial charge in [-0.05, 0) is 27.7 Å². The molecular formula is C14H33NO6P+. The summed E-state index contributed by atoms with van der Waals surface area (Å²) in [7, 11) is 1.85. The molecule has 0 aliphatic heterocycles. The molecule has 0 aromatic rings. The molecule has 0 aromatic heterocycles. The summed E-state index contributed by atoms with van der Waals surface area (Å²) < 4.78 is 33.5. The summed E-state index contributed by atoms with van der Waals surface area (Å²) in [6.45, 7) is 8.61. The molecule has 22 heavy (non-hydrogen) atoms. The summed E-state index contributed by atoms with van der Waals surface area (Å²) in [6.07, 6.45) is -0.383. The lowest BCUT2D eigenvalue weighted by Gasteiger charge is -2.25. The molecule has 0 fully saturated rings. The highest BCUT2D eigenvalue weighted by Crippen LogP contribution is 2.43. The number of hydrogen-bond donors (Lipinski definition) is 1. The third kappa shape index (κ3) is 13.6. The van der Waals surface area contributed by atoms with Crippen molar-refractivity contribution < 1.29 is 32.5 Å². The van der Waals surface area contributed by atoms with Crippen LogP contribution in [0.4, 0.5) is 0 Å². The van der Waals surface area contributed by atoms with Crippen LogP contribution in [-0.2, 0) is 23.1 Å². The Labute approximate surface area is 134 Å². The van der Waals surface area contributed by atoms with E-state index < -0.39 is 13.9 Å². The van der Waals surface area contributed by atoms with Crippen molar-refractivity contribution in [3.05, 3.63) is 0 Å². The number of nitrogens with zero attached hydrogens (tertiary/aromatic N) is 1. The molecule has 0 amide bonds. The van der Waals surface area contributed by atoms with E-state index >= 15 is 0 Å². The average Bonchev–Trinajstić information content (AvgIpc) is 2.30. The predicted molar refractivity (Wildman–Crippen MR) is 85.7 cm³/mol. The van der Waals surface area contributed by atoms with Gasteiger partial charge >= 0.3 is 7.82 Å². The molecule has 0 heterocycles. The van der Waals surface area contributed by atoms with Crippen molar-refractivity contribution in [2.24, 2.45) is 0 Å². The van der Waals surface area contributed by atoms with Gasteiger partial charge in [0.25, 0.3) is 0 Å². The van der Waals surface area contributed by atoms with Gasteiger partial charge < -0.3 is 18.9 Å². The maximum absolute atomic E-state index is 11.8. The van der Waals surface area contributed by atoms with Crippen LogP contribution in [0.5, 0.6) is 0 Å². The smallest absolute Gasteiger partial charge is 0.376 e. The molecule has 1 unspecified atom stereocenters. The Bertz CT molecular complexity index is 343. The van der Waals surface area contributed by atoms with Crippen molar-refractivity contribution in [3.8, 4) is 0 Å². The fourth-order valence-corrected chi connectivity index (χ4v) is 2.20. The Kier molecular flexibility index (Phi) is 9.98. The van der Waals surface area contributed by atoms with Gasteiger partial charge in [-0.25, -0.2) is 4.57 Å². The summed E-state index contributed by atoms with van der Waals surface area (Å²) in [6, 6.07) is 0. The van der Waals surface area contributed by atoms with Crippen LogP contribution in [-0.4, -0.2) is 75.2 Å². The third-order valence-corrected chi connectivity index (χ3v) is 3.50. The normalized spacial score (nSPS) is 17.0. The van der Waals surface area contributed by atoms with E-state index in [1.165, 1.54) is 0 Å². The number of phosphoric ester groups is 1. The molecule has 0 spiro atoms. The van der Waals surface area contributed by atoms with Crippen molar-refractivity contribution in [1.29, 1.82) is 0 Å². The molecule has 134 valence electrons. The minimum atomic E-state index is -4.07. The fraction of sp³-hybridized carbons (Fsp3) is 1.00. The zero-order chi connectivity index (χ0) is 17.4. The van der Waals surface area contributed by atoms with Gasteiger partial charge in [-0.1, -0.05) is 0 Å². The number of likely N-dealkylation sites (N-methyl/N-ethyl adjacent to an activating group) is 1. The van der Waals surface area contributed by atoms with Crippen LogP contribution in [0.1, 0.15) is 27.7 Å². The minimum absolute atomic E-state index is 0.0263. The summed E-state index contributed by atoms with van der Waals surface area (Å²) in [5, 5.41) is 0. The summed E-state index contributed by atoms with van der Waals surface area (Å²) in [4.78, 5) is 9.68. The Morgan fingerprint density at radius 2 is 1.59 bits per heavy atom. The summed E-state index contributed by atoms with van der Waals surface area (Å²) in [5.41, 5.74) is 0. The van der Waals surface area contributed by atoms with E-state index in [0.717, 1.165) is 0 Å². The lowest BCUT2D eigenvalue weighted by Crippen LogP contribution is -2.37. The van der Waals surface area contributed by atoms with Crippen LogP contribution in [0.15, 0.2) is 0 Å². The molecule has 2 atom stereocenters. The Morgan fingerprint density at radius 3 is 2.05 bits per heavy atom. The first-order valence-electron chi connectivity index (χ1n) is 7.60. The van der Waals surface area contributed by atoms with Gasteiger partial charge in [0.15, 0.2) is 0 Å². The maximum atomic E-state index is 11.8. The number of hydrogen-bond acceptors (Lipinski definition) is 5. The van der Waals surface area contributed by atoms with E-state index in [2.05, 4.69) is 0 Å². The van der Waals surface area contributed by atoms with Crippen LogP contribution in [0.2, 0.25) is 0 Å². The van der Waals surface area contributed by atoms with E-state index in [0.29, 0.717) is 17.6 Å². The highest BCUT2D eigenvalue weighted by atomic mass is 31.2. The van der Waals surface area contributed by atoms with Crippen LogP contribution in [0.3, 0.4) is 0 Å². The Balaban J connectivity index is 4.26. The second kappa shape index (κ2) is 9.98. The quantitative estimate of drug-likeness (QED) is 0.432.